The minimum absolute atomic E-state index is 0.307. The number of hydrogen-bond donors (Lipinski definition) is 2. The molecule has 0 aromatic carbocycles. The van der Waals surface area contributed by atoms with Crippen molar-refractivity contribution in [2.45, 2.75) is 39.8 Å². The molecule has 1 aromatic rings. The van der Waals surface area contributed by atoms with E-state index >= 15 is 0 Å². The molecule has 0 bridgehead atoms. The Bertz CT molecular complexity index is 292. The molecule has 1 unspecified atom stereocenters. The van der Waals surface area contributed by atoms with Crippen LogP contribution in [0.3, 0.4) is 0 Å². The Morgan fingerprint density at radius 3 is 2.43 bits per heavy atom. The molecule has 0 aliphatic carbocycles. The molecule has 3 N–H and O–H groups in total. The second-order valence-corrected chi connectivity index (χ2v) is 3.90. The topological polar surface area (TPSA) is 72.3 Å². The lowest BCUT2D eigenvalue weighted by atomic mass is 10.1. The summed E-state index contributed by atoms with van der Waals surface area (Å²) in [5.74, 6) is 1.65. The smallest absolute Gasteiger partial charge is 0.195 e. The molecule has 0 fully saturated rings. The van der Waals surface area contributed by atoms with E-state index in [0.717, 1.165) is 6.42 Å². The Labute approximate surface area is 84.1 Å². The van der Waals surface area contributed by atoms with Gasteiger partial charge in [0.1, 0.15) is 6.10 Å². The molecule has 1 heterocycles. The van der Waals surface area contributed by atoms with Gasteiger partial charge in [0.25, 0.3) is 0 Å². The van der Waals surface area contributed by atoms with Gasteiger partial charge >= 0.3 is 0 Å². The van der Waals surface area contributed by atoms with Crippen LogP contribution >= 0.6 is 0 Å². The Morgan fingerprint density at radius 1 is 1.43 bits per heavy atom. The summed E-state index contributed by atoms with van der Waals surface area (Å²) in [5, 5.41) is 9.39. The highest BCUT2D eigenvalue weighted by Gasteiger charge is 2.16. The molecule has 0 radical (unpaired) electrons. The third kappa shape index (κ3) is 2.56. The number of hydrogen-bond acceptors (Lipinski definition) is 4. The van der Waals surface area contributed by atoms with E-state index in [0.29, 0.717) is 29.8 Å². The van der Waals surface area contributed by atoms with Gasteiger partial charge in [-0.25, -0.2) is 4.98 Å². The van der Waals surface area contributed by atoms with Crippen molar-refractivity contribution in [2.24, 2.45) is 11.7 Å². The molecule has 0 saturated carbocycles. The van der Waals surface area contributed by atoms with Crippen LogP contribution in [0.1, 0.15) is 44.2 Å². The number of aliphatic hydroxyl groups excluding tert-OH is 1. The van der Waals surface area contributed by atoms with Crippen LogP contribution in [-0.2, 0) is 13.0 Å². The van der Waals surface area contributed by atoms with Crippen molar-refractivity contribution in [3.63, 3.8) is 0 Å². The van der Waals surface area contributed by atoms with Crippen molar-refractivity contribution in [3.05, 3.63) is 17.3 Å². The molecular formula is C10H18N2O2. The van der Waals surface area contributed by atoms with E-state index < -0.39 is 6.10 Å². The summed E-state index contributed by atoms with van der Waals surface area (Å²) >= 11 is 0. The van der Waals surface area contributed by atoms with E-state index in [9.17, 15) is 5.11 Å². The van der Waals surface area contributed by atoms with Crippen LogP contribution in [0.25, 0.3) is 0 Å². The van der Waals surface area contributed by atoms with Crippen molar-refractivity contribution < 1.29 is 9.52 Å². The van der Waals surface area contributed by atoms with E-state index in [2.05, 4.69) is 18.8 Å². The summed E-state index contributed by atoms with van der Waals surface area (Å²) in [5.41, 5.74) is 6.16. The van der Waals surface area contributed by atoms with Crippen LogP contribution in [0.2, 0.25) is 0 Å². The third-order valence-corrected chi connectivity index (χ3v) is 1.93. The number of nitrogens with two attached hydrogens (primary N) is 1. The second-order valence-electron chi connectivity index (χ2n) is 3.90. The lowest BCUT2D eigenvalue weighted by Crippen LogP contribution is -2.02. The summed E-state index contributed by atoms with van der Waals surface area (Å²) in [4.78, 5) is 4.24. The Kier molecular flexibility index (Phi) is 3.66. The van der Waals surface area contributed by atoms with Gasteiger partial charge in [0.15, 0.2) is 11.7 Å². The Balaban J connectivity index is 2.89. The zero-order chi connectivity index (χ0) is 10.7. The zero-order valence-corrected chi connectivity index (χ0v) is 8.95. The van der Waals surface area contributed by atoms with Gasteiger partial charge in [-0.15, -0.1) is 0 Å². The molecule has 14 heavy (non-hydrogen) atoms. The number of aliphatic hydroxyl groups is 1. The highest BCUT2D eigenvalue weighted by atomic mass is 16.4. The van der Waals surface area contributed by atoms with E-state index in [-0.39, 0.29) is 0 Å². The average molecular weight is 198 g/mol. The largest absolute Gasteiger partial charge is 0.443 e. The third-order valence-electron chi connectivity index (χ3n) is 1.93. The van der Waals surface area contributed by atoms with E-state index in [1.807, 2.05) is 0 Å². The van der Waals surface area contributed by atoms with Gasteiger partial charge in [-0.05, 0) is 12.8 Å². The lowest BCUT2D eigenvalue weighted by molar-refractivity contribution is 0.165. The van der Waals surface area contributed by atoms with Crippen LogP contribution in [-0.4, -0.2) is 10.1 Å². The van der Waals surface area contributed by atoms with Gasteiger partial charge in [0.05, 0.1) is 5.69 Å². The van der Waals surface area contributed by atoms with Gasteiger partial charge in [-0.1, -0.05) is 13.8 Å². The van der Waals surface area contributed by atoms with E-state index in [1.54, 1.807) is 6.92 Å². The van der Waals surface area contributed by atoms with Gasteiger partial charge < -0.3 is 15.3 Å². The SMILES string of the molecule is CC(C)Cc1nc(CN)c(C(C)O)o1. The van der Waals surface area contributed by atoms with E-state index in [4.69, 9.17) is 10.2 Å². The monoisotopic (exact) mass is 198 g/mol. The minimum atomic E-state index is -0.637. The molecule has 0 saturated heterocycles. The molecule has 4 nitrogen and oxygen atoms in total. The number of rotatable bonds is 4. The molecule has 1 atom stereocenters. The second kappa shape index (κ2) is 4.57. The van der Waals surface area contributed by atoms with Gasteiger partial charge in [0, 0.05) is 13.0 Å². The molecular weight excluding hydrogens is 180 g/mol. The highest BCUT2D eigenvalue weighted by Crippen LogP contribution is 2.20. The molecule has 1 aromatic heterocycles. The van der Waals surface area contributed by atoms with Crippen molar-refractivity contribution >= 4 is 0 Å². The maximum absolute atomic E-state index is 9.39. The maximum atomic E-state index is 9.39. The normalized spacial score (nSPS) is 13.6. The summed E-state index contributed by atoms with van der Waals surface area (Å²) < 4.78 is 5.44. The quantitative estimate of drug-likeness (QED) is 0.766. The fourth-order valence-corrected chi connectivity index (χ4v) is 1.32. The van der Waals surface area contributed by atoms with Crippen LogP contribution in [0.5, 0.6) is 0 Å². The van der Waals surface area contributed by atoms with Gasteiger partial charge in [-0.2, -0.15) is 0 Å². The molecule has 80 valence electrons. The van der Waals surface area contributed by atoms with Crippen LogP contribution in [0, 0.1) is 5.92 Å². The maximum Gasteiger partial charge on any atom is 0.195 e. The van der Waals surface area contributed by atoms with Crippen LogP contribution in [0.15, 0.2) is 4.42 Å². The minimum Gasteiger partial charge on any atom is -0.443 e. The fraction of sp³-hybridized carbons (Fsp3) is 0.700. The molecule has 0 amide bonds. The lowest BCUT2D eigenvalue weighted by Gasteiger charge is -2.00. The van der Waals surface area contributed by atoms with Gasteiger partial charge in [0.2, 0.25) is 0 Å². The van der Waals surface area contributed by atoms with Crippen molar-refractivity contribution in [3.8, 4) is 0 Å². The first-order valence-corrected chi connectivity index (χ1v) is 4.91. The predicted molar refractivity (Wildman–Crippen MR) is 53.6 cm³/mol. The molecule has 4 heteroatoms. The summed E-state index contributed by atoms with van der Waals surface area (Å²) in [6.45, 7) is 6.14. The van der Waals surface area contributed by atoms with Crippen molar-refractivity contribution in [2.75, 3.05) is 0 Å². The summed E-state index contributed by atoms with van der Waals surface area (Å²) in [6, 6.07) is 0. The number of aromatic nitrogens is 1. The first-order chi connectivity index (χ1) is 6.54. The molecule has 0 aliphatic rings. The average Bonchev–Trinajstić information content (AvgIpc) is 2.46. The van der Waals surface area contributed by atoms with Crippen LogP contribution < -0.4 is 5.73 Å². The standard InChI is InChI=1S/C10H18N2O2/c1-6(2)4-9-12-8(5-11)10(14-9)7(3)13/h6-7,13H,4-5,11H2,1-3H3. The Morgan fingerprint density at radius 2 is 2.07 bits per heavy atom. The van der Waals surface area contributed by atoms with E-state index in [1.165, 1.54) is 0 Å². The molecule has 0 aliphatic heterocycles. The fourth-order valence-electron chi connectivity index (χ4n) is 1.32. The molecule has 0 spiro atoms. The van der Waals surface area contributed by atoms with Crippen molar-refractivity contribution in [1.82, 2.24) is 4.98 Å². The van der Waals surface area contributed by atoms with Gasteiger partial charge in [-0.3, -0.25) is 0 Å². The molecule has 1 rings (SSSR count). The summed E-state index contributed by atoms with van der Waals surface area (Å²) in [7, 11) is 0. The van der Waals surface area contributed by atoms with Crippen LogP contribution in [0.4, 0.5) is 0 Å². The Hall–Kier alpha value is -0.870. The highest BCUT2D eigenvalue weighted by molar-refractivity contribution is 5.12. The first-order valence-electron chi connectivity index (χ1n) is 4.91. The number of oxazole rings is 1. The first kappa shape index (κ1) is 11.2. The summed E-state index contributed by atoms with van der Waals surface area (Å²) in [6.07, 6.45) is 0.140. The zero-order valence-electron chi connectivity index (χ0n) is 8.95. The van der Waals surface area contributed by atoms with Crippen molar-refractivity contribution in [1.29, 1.82) is 0 Å². The predicted octanol–water partition coefficient (Wildman–Crippen LogP) is 1.39. The number of nitrogens with zero attached hydrogens (tertiary/aromatic N) is 1.